The summed E-state index contributed by atoms with van der Waals surface area (Å²) in [6, 6.07) is 10.5. The van der Waals surface area contributed by atoms with Crippen LogP contribution in [-0.4, -0.2) is 18.9 Å². The summed E-state index contributed by atoms with van der Waals surface area (Å²) >= 11 is 0. The fraction of sp³-hybridized carbons (Fsp3) is 0.500. The Kier molecular flexibility index (Phi) is 7.12. The van der Waals surface area contributed by atoms with Crippen LogP contribution in [0.25, 0.3) is 0 Å². The second kappa shape index (κ2) is 8.36. The maximum atomic E-state index is 10.4. The molecule has 120 valence electrons. The Balaban J connectivity index is 2.37. The molecule has 0 saturated carbocycles. The van der Waals surface area contributed by atoms with Gasteiger partial charge in [0.2, 0.25) is 0 Å². The molecule has 0 bridgehead atoms. The van der Waals surface area contributed by atoms with Crippen LogP contribution in [0, 0.1) is 11.8 Å². The average Bonchev–Trinajstić information content (AvgIpc) is 2.45. The van der Waals surface area contributed by atoms with E-state index in [0.29, 0.717) is 0 Å². The normalized spacial score (nSPS) is 13.7. The molecule has 0 aliphatic rings. The lowest BCUT2D eigenvalue weighted by molar-refractivity contribution is 0.284. The highest BCUT2D eigenvalue weighted by molar-refractivity contribution is 6.81. The van der Waals surface area contributed by atoms with Crippen molar-refractivity contribution in [1.82, 2.24) is 0 Å². The lowest BCUT2D eigenvalue weighted by Gasteiger charge is -2.39. The molecule has 0 aliphatic carbocycles. The molecule has 0 aromatic heterocycles. The highest BCUT2D eigenvalue weighted by Crippen LogP contribution is 2.38. The van der Waals surface area contributed by atoms with Gasteiger partial charge in [0.05, 0.1) is 13.8 Å². The fourth-order valence-electron chi connectivity index (χ4n) is 1.98. The highest BCUT2D eigenvalue weighted by Gasteiger charge is 2.40. The Morgan fingerprint density at radius 1 is 1.18 bits per heavy atom. The van der Waals surface area contributed by atoms with Crippen LogP contribution in [0.1, 0.15) is 39.2 Å². The van der Waals surface area contributed by atoms with Crippen LogP contribution >= 0.6 is 0 Å². The van der Waals surface area contributed by atoms with Crippen LogP contribution in [0.3, 0.4) is 0 Å². The van der Waals surface area contributed by atoms with Gasteiger partial charge in [-0.1, -0.05) is 82.1 Å². The third-order valence-corrected chi connectivity index (χ3v) is 10.3. The number of aliphatic hydroxyl groups is 1. The van der Waals surface area contributed by atoms with Gasteiger partial charge < -0.3 is 5.11 Å². The first kappa shape index (κ1) is 18.7. The molecule has 0 amide bonds. The molecule has 1 nitrogen and oxygen atoms in total. The first-order valence-corrected chi connectivity index (χ1v) is 11.2. The van der Waals surface area contributed by atoms with Crippen molar-refractivity contribution in [3.8, 4) is 11.8 Å². The van der Waals surface area contributed by atoms with Crippen LogP contribution in [0.4, 0.5) is 0 Å². The number of hydrogen-bond acceptors (Lipinski definition) is 1. The Labute approximate surface area is 137 Å². The van der Waals surface area contributed by atoms with Crippen molar-refractivity contribution in [1.29, 1.82) is 0 Å². The average molecular weight is 315 g/mol. The van der Waals surface area contributed by atoms with Crippen molar-refractivity contribution in [2.45, 2.75) is 63.9 Å². The number of hydrogen-bond donors (Lipinski definition) is 1. The molecular weight excluding hydrogens is 284 g/mol. The summed E-state index contributed by atoms with van der Waals surface area (Å²) in [7, 11) is -1.73. The van der Waals surface area contributed by atoms with E-state index < -0.39 is 8.07 Å². The van der Waals surface area contributed by atoms with E-state index in [1.165, 1.54) is 5.56 Å². The maximum Gasteiger partial charge on any atom is 0.0914 e. The molecule has 0 heterocycles. The first-order chi connectivity index (χ1) is 10.2. The van der Waals surface area contributed by atoms with Gasteiger partial charge in [0.25, 0.3) is 0 Å². The van der Waals surface area contributed by atoms with Crippen LogP contribution in [-0.2, 0) is 6.42 Å². The Bertz CT molecular complexity index is 526. The predicted octanol–water partition coefficient (Wildman–Crippen LogP) is 4.98. The van der Waals surface area contributed by atoms with Crippen LogP contribution in [0.5, 0.6) is 0 Å². The van der Waals surface area contributed by atoms with Crippen LogP contribution < -0.4 is 0 Å². The molecule has 22 heavy (non-hydrogen) atoms. The molecule has 0 saturated heterocycles. The Morgan fingerprint density at radius 2 is 1.82 bits per heavy atom. The van der Waals surface area contributed by atoms with Gasteiger partial charge in [-0.3, -0.25) is 0 Å². The molecule has 0 radical (unpaired) electrons. The molecule has 0 aliphatic heterocycles. The zero-order valence-electron chi connectivity index (χ0n) is 14.7. The summed E-state index contributed by atoms with van der Waals surface area (Å²) in [5, 5.41) is 10.6. The standard InChI is InChI=1S/C20H30OSi/c1-20(2,3)22(4,5)19(21)17-13-8-6-7-10-14-18-15-11-9-12-16-18/h9,11-13,15-17,19,21H,7,10,14H2,1-5H3/b17-13-/t19-/m1/s1. The van der Waals surface area contributed by atoms with Gasteiger partial charge in [-0.15, -0.1) is 0 Å². The molecule has 1 N–H and O–H groups in total. The molecule has 1 atom stereocenters. The zero-order chi connectivity index (χ0) is 16.6. The molecule has 2 heteroatoms. The number of benzene rings is 1. The minimum atomic E-state index is -1.73. The van der Waals surface area contributed by atoms with Gasteiger partial charge in [0.15, 0.2) is 0 Å². The van der Waals surface area contributed by atoms with E-state index in [9.17, 15) is 5.11 Å². The van der Waals surface area contributed by atoms with E-state index in [1.807, 2.05) is 18.2 Å². The van der Waals surface area contributed by atoms with E-state index in [4.69, 9.17) is 0 Å². The van der Waals surface area contributed by atoms with Gasteiger partial charge in [-0.05, 0) is 29.5 Å². The minimum Gasteiger partial charge on any atom is -0.393 e. The van der Waals surface area contributed by atoms with Gasteiger partial charge in [0.1, 0.15) is 0 Å². The summed E-state index contributed by atoms with van der Waals surface area (Å²) in [4.78, 5) is 0. The highest BCUT2D eigenvalue weighted by atomic mass is 28.3. The van der Waals surface area contributed by atoms with Crippen molar-refractivity contribution in [3.63, 3.8) is 0 Å². The quantitative estimate of drug-likeness (QED) is 0.462. The summed E-state index contributed by atoms with van der Waals surface area (Å²) in [5.41, 5.74) is 1.03. The lowest BCUT2D eigenvalue weighted by Crippen LogP contribution is -2.48. The Morgan fingerprint density at radius 3 is 2.41 bits per heavy atom. The van der Waals surface area contributed by atoms with Crippen molar-refractivity contribution in [2.24, 2.45) is 0 Å². The minimum absolute atomic E-state index is 0.180. The molecular formula is C20H30OSi. The summed E-state index contributed by atoms with van der Waals surface area (Å²) in [6.45, 7) is 11.1. The van der Waals surface area contributed by atoms with Gasteiger partial charge in [-0.2, -0.15) is 0 Å². The zero-order valence-corrected chi connectivity index (χ0v) is 15.7. The van der Waals surface area contributed by atoms with Crippen molar-refractivity contribution < 1.29 is 5.11 Å². The third-order valence-electron chi connectivity index (χ3n) is 4.75. The van der Waals surface area contributed by atoms with Crippen LogP contribution in [0.2, 0.25) is 18.1 Å². The smallest absolute Gasteiger partial charge is 0.0914 e. The number of unbranched alkanes of at least 4 members (excludes halogenated alkanes) is 1. The van der Waals surface area contributed by atoms with Crippen molar-refractivity contribution >= 4 is 8.07 Å². The monoisotopic (exact) mass is 314 g/mol. The van der Waals surface area contributed by atoms with Crippen molar-refractivity contribution in [2.75, 3.05) is 0 Å². The van der Waals surface area contributed by atoms with Gasteiger partial charge in [0, 0.05) is 6.42 Å². The number of rotatable bonds is 5. The van der Waals surface area contributed by atoms with Crippen molar-refractivity contribution in [3.05, 3.63) is 48.0 Å². The SMILES string of the molecule is CC(C)(C)[Si](C)(C)[C@@H](O)/C=C\C#CCCCc1ccccc1. The second-order valence-corrected chi connectivity index (χ2v) is 13.0. The van der Waals surface area contributed by atoms with Gasteiger partial charge >= 0.3 is 0 Å². The Hall–Kier alpha value is -1.30. The molecule has 1 rings (SSSR count). The summed E-state index contributed by atoms with van der Waals surface area (Å²) < 4.78 is 0. The largest absolute Gasteiger partial charge is 0.393 e. The third kappa shape index (κ3) is 5.83. The number of aryl methyl sites for hydroxylation is 1. The summed E-state index contributed by atoms with van der Waals surface area (Å²) in [6.07, 6.45) is 6.76. The molecule has 0 spiro atoms. The van der Waals surface area contributed by atoms with Gasteiger partial charge in [-0.25, -0.2) is 0 Å². The molecule has 0 unspecified atom stereocenters. The maximum absolute atomic E-state index is 10.4. The fourth-order valence-corrected chi connectivity index (χ4v) is 3.44. The second-order valence-electron chi connectivity index (χ2n) is 7.44. The lowest BCUT2D eigenvalue weighted by atomic mass is 10.1. The van der Waals surface area contributed by atoms with E-state index >= 15 is 0 Å². The molecule has 1 aromatic carbocycles. The van der Waals surface area contributed by atoms with E-state index in [1.54, 1.807) is 0 Å². The van der Waals surface area contributed by atoms with E-state index in [2.05, 4.69) is 70.0 Å². The van der Waals surface area contributed by atoms with E-state index in [0.717, 1.165) is 19.3 Å². The van der Waals surface area contributed by atoms with Crippen LogP contribution in [0.15, 0.2) is 42.5 Å². The topological polar surface area (TPSA) is 20.2 Å². The predicted molar refractivity (Wildman–Crippen MR) is 99.5 cm³/mol. The molecule has 1 aromatic rings. The first-order valence-electron chi connectivity index (χ1n) is 8.12. The van der Waals surface area contributed by atoms with E-state index in [-0.39, 0.29) is 10.8 Å². The number of allylic oxidation sites excluding steroid dienone is 1. The molecule has 0 fully saturated rings. The number of aliphatic hydroxyl groups excluding tert-OH is 1. The summed E-state index contributed by atoms with van der Waals surface area (Å²) in [5.74, 6) is 6.23.